The molecule has 1 heterocycles. The highest BCUT2D eigenvalue weighted by Crippen LogP contribution is 2.25. The van der Waals surface area contributed by atoms with Crippen LogP contribution < -0.4 is 5.32 Å². The van der Waals surface area contributed by atoms with Gasteiger partial charge in [0, 0.05) is 12.2 Å². The van der Waals surface area contributed by atoms with Gasteiger partial charge in [-0.2, -0.15) is 5.26 Å². The van der Waals surface area contributed by atoms with Crippen molar-refractivity contribution in [3.8, 4) is 6.07 Å². The molecule has 0 spiro atoms. The van der Waals surface area contributed by atoms with Crippen molar-refractivity contribution >= 4 is 5.82 Å². The van der Waals surface area contributed by atoms with E-state index in [0.29, 0.717) is 17.9 Å². The molecule has 0 amide bonds. The third-order valence-electron chi connectivity index (χ3n) is 3.82. The summed E-state index contributed by atoms with van der Waals surface area (Å²) in [5, 5.41) is 22.5. The first-order chi connectivity index (χ1) is 10.3. The van der Waals surface area contributed by atoms with Gasteiger partial charge in [0.05, 0.1) is 11.7 Å². The Hall–Kier alpha value is -2.38. The normalized spacial score (nSPS) is 14.3. The molecule has 1 aliphatic carbocycles. The molecule has 0 saturated carbocycles. The third-order valence-corrected chi connectivity index (χ3v) is 3.82. The van der Waals surface area contributed by atoms with Crippen LogP contribution in [0.15, 0.2) is 36.4 Å². The van der Waals surface area contributed by atoms with Crippen LogP contribution in [0, 0.1) is 11.3 Å². The highest BCUT2D eigenvalue weighted by atomic mass is 16.3. The third kappa shape index (κ3) is 2.88. The zero-order chi connectivity index (χ0) is 14.7. The number of pyridine rings is 1. The van der Waals surface area contributed by atoms with E-state index in [-0.39, 0.29) is 0 Å². The summed E-state index contributed by atoms with van der Waals surface area (Å²) >= 11 is 0. The maximum absolute atomic E-state index is 10.2. The maximum atomic E-state index is 10.2. The number of aliphatic hydroxyl groups excluding tert-OH is 1. The zero-order valence-electron chi connectivity index (χ0n) is 11.7. The van der Waals surface area contributed by atoms with Crippen molar-refractivity contribution in [2.45, 2.75) is 25.4 Å². The van der Waals surface area contributed by atoms with Crippen LogP contribution in [-0.2, 0) is 12.8 Å². The smallest absolute Gasteiger partial charge is 0.144 e. The fourth-order valence-electron chi connectivity index (χ4n) is 2.68. The molecule has 0 fully saturated rings. The summed E-state index contributed by atoms with van der Waals surface area (Å²) < 4.78 is 0. The van der Waals surface area contributed by atoms with E-state index in [1.54, 1.807) is 0 Å². The summed E-state index contributed by atoms with van der Waals surface area (Å²) in [6.07, 6.45) is 2.46. The highest BCUT2D eigenvalue weighted by Gasteiger charge is 2.17. The molecule has 2 aromatic rings. The van der Waals surface area contributed by atoms with Crippen molar-refractivity contribution in [2.75, 3.05) is 11.9 Å². The van der Waals surface area contributed by atoms with Gasteiger partial charge in [-0.1, -0.05) is 30.3 Å². The van der Waals surface area contributed by atoms with E-state index in [9.17, 15) is 10.4 Å². The van der Waals surface area contributed by atoms with E-state index in [0.717, 1.165) is 30.5 Å². The largest absolute Gasteiger partial charge is 0.387 e. The number of nitriles is 1. The van der Waals surface area contributed by atoms with Crippen molar-refractivity contribution in [1.82, 2.24) is 4.98 Å². The van der Waals surface area contributed by atoms with Gasteiger partial charge in [-0.3, -0.25) is 0 Å². The van der Waals surface area contributed by atoms with Crippen LogP contribution >= 0.6 is 0 Å². The Balaban J connectivity index is 1.75. The SMILES string of the molecule is N#Cc1cc2c(nc1NCC(O)c1ccccc1)CCC2. The molecule has 0 saturated heterocycles. The number of nitrogens with zero attached hydrogens (tertiary/aromatic N) is 2. The molecule has 1 aliphatic rings. The summed E-state index contributed by atoms with van der Waals surface area (Å²) in [5.41, 5.74) is 3.66. The number of nitrogens with one attached hydrogen (secondary N) is 1. The first-order valence-electron chi connectivity index (χ1n) is 7.17. The Labute approximate surface area is 124 Å². The Morgan fingerprint density at radius 2 is 2.10 bits per heavy atom. The summed E-state index contributed by atoms with van der Waals surface area (Å²) in [6.45, 7) is 0.338. The second kappa shape index (κ2) is 5.94. The van der Waals surface area contributed by atoms with Gasteiger partial charge in [0.2, 0.25) is 0 Å². The minimum Gasteiger partial charge on any atom is -0.387 e. The lowest BCUT2D eigenvalue weighted by Crippen LogP contribution is -2.14. The summed E-state index contributed by atoms with van der Waals surface area (Å²) in [7, 11) is 0. The van der Waals surface area contributed by atoms with Crippen molar-refractivity contribution in [3.63, 3.8) is 0 Å². The van der Waals surface area contributed by atoms with Gasteiger partial charge in [-0.15, -0.1) is 0 Å². The lowest BCUT2D eigenvalue weighted by atomic mass is 10.1. The van der Waals surface area contributed by atoms with E-state index in [2.05, 4.69) is 16.4 Å². The molecule has 21 heavy (non-hydrogen) atoms. The minimum atomic E-state index is -0.618. The van der Waals surface area contributed by atoms with Crippen LogP contribution in [0.4, 0.5) is 5.82 Å². The van der Waals surface area contributed by atoms with Crippen molar-refractivity contribution in [1.29, 1.82) is 5.26 Å². The zero-order valence-corrected chi connectivity index (χ0v) is 11.7. The average molecular weight is 279 g/mol. The van der Waals surface area contributed by atoms with Crippen molar-refractivity contribution in [2.24, 2.45) is 0 Å². The topological polar surface area (TPSA) is 68.9 Å². The average Bonchev–Trinajstić information content (AvgIpc) is 2.99. The van der Waals surface area contributed by atoms with E-state index in [1.807, 2.05) is 36.4 Å². The molecule has 0 aliphatic heterocycles. The van der Waals surface area contributed by atoms with E-state index in [4.69, 9.17) is 0 Å². The van der Waals surface area contributed by atoms with E-state index < -0.39 is 6.10 Å². The molecule has 2 N–H and O–H groups in total. The summed E-state index contributed by atoms with van der Waals surface area (Å²) in [6, 6.07) is 13.6. The number of rotatable bonds is 4. The minimum absolute atomic E-state index is 0.338. The predicted molar refractivity (Wildman–Crippen MR) is 80.9 cm³/mol. The molecule has 0 radical (unpaired) electrons. The van der Waals surface area contributed by atoms with Crippen LogP contribution in [-0.4, -0.2) is 16.6 Å². The van der Waals surface area contributed by atoms with Gasteiger partial charge >= 0.3 is 0 Å². The molecule has 106 valence electrons. The number of hydrogen-bond acceptors (Lipinski definition) is 4. The standard InChI is InChI=1S/C17H17N3O/c18-10-14-9-13-7-4-8-15(13)20-17(14)19-11-16(21)12-5-2-1-3-6-12/h1-3,5-6,9,16,21H,4,7-8,11H2,(H,19,20). The second-order valence-electron chi connectivity index (χ2n) is 5.26. The lowest BCUT2D eigenvalue weighted by molar-refractivity contribution is 0.191. The highest BCUT2D eigenvalue weighted by molar-refractivity contribution is 5.55. The van der Waals surface area contributed by atoms with Gasteiger partial charge in [0.1, 0.15) is 11.9 Å². The monoisotopic (exact) mass is 279 g/mol. The molecule has 3 rings (SSSR count). The number of fused-ring (bicyclic) bond motifs is 1. The Morgan fingerprint density at radius 3 is 2.86 bits per heavy atom. The molecular formula is C17H17N3O. The first kappa shape index (κ1) is 13.6. The molecule has 4 nitrogen and oxygen atoms in total. The van der Waals surface area contributed by atoms with Crippen LogP contribution in [0.5, 0.6) is 0 Å². The van der Waals surface area contributed by atoms with Crippen molar-refractivity contribution in [3.05, 3.63) is 58.8 Å². The molecule has 0 bridgehead atoms. The Bertz CT molecular complexity index is 676. The molecule has 4 heteroatoms. The Kier molecular flexibility index (Phi) is 3.85. The summed E-state index contributed by atoms with van der Waals surface area (Å²) in [4.78, 5) is 4.54. The number of anilines is 1. The van der Waals surface area contributed by atoms with Gasteiger partial charge in [0.25, 0.3) is 0 Å². The van der Waals surface area contributed by atoms with E-state index in [1.165, 1.54) is 5.56 Å². The van der Waals surface area contributed by atoms with Crippen LogP contribution in [0.1, 0.15) is 34.9 Å². The van der Waals surface area contributed by atoms with Crippen LogP contribution in [0.25, 0.3) is 0 Å². The molecule has 1 aromatic heterocycles. The van der Waals surface area contributed by atoms with E-state index >= 15 is 0 Å². The van der Waals surface area contributed by atoms with Gasteiger partial charge in [-0.05, 0) is 36.5 Å². The maximum Gasteiger partial charge on any atom is 0.144 e. The number of hydrogen-bond donors (Lipinski definition) is 2. The Morgan fingerprint density at radius 1 is 1.29 bits per heavy atom. The quantitative estimate of drug-likeness (QED) is 0.902. The number of aliphatic hydroxyl groups is 1. The predicted octanol–water partition coefficient (Wildman–Crippen LogP) is 2.59. The fraction of sp³-hybridized carbons (Fsp3) is 0.294. The molecule has 1 atom stereocenters. The number of benzene rings is 1. The fourth-order valence-corrected chi connectivity index (χ4v) is 2.68. The van der Waals surface area contributed by atoms with Gasteiger partial charge in [0.15, 0.2) is 0 Å². The molecule has 1 aromatic carbocycles. The number of aromatic nitrogens is 1. The molecular weight excluding hydrogens is 262 g/mol. The van der Waals surface area contributed by atoms with Gasteiger partial charge < -0.3 is 10.4 Å². The first-order valence-corrected chi connectivity index (χ1v) is 7.17. The van der Waals surface area contributed by atoms with Gasteiger partial charge in [-0.25, -0.2) is 4.98 Å². The van der Waals surface area contributed by atoms with Crippen LogP contribution in [0.2, 0.25) is 0 Å². The number of aryl methyl sites for hydroxylation is 2. The summed E-state index contributed by atoms with van der Waals surface area (Å²) in [5.74, 6) is 0.577. The van der Waals surface area contributed by atoms with Crippen LogP contribution in [0.3, 0.4) is 0 Å². The lowest BCUT2D eigenvalue weighted by Gasteiger charge is -2.14. The molecule has 1 unspecified atom stereocenters. The second-order valence-corrected chi connectivity index (χ2v) is 5.26. The van der Waals surface area contributed by atoms with Crippen molar-refractivity contribution < 1.29 is 5.11 Å².